The lowest BCUT2D eigenvalue weighted by Gasteiger charge is -2.25. The molecule has 0 spiro atoms. The number of hydrogen-bond donors (Lipinski definition) is 3. The molecular weight excluding hydrogens is 430 g/mol. The predicted octanol–water partition coefficient (Wildman–Crippen LogP) is 2.32. The van der Waals surface area contributed by atoms with Crippen molar-refractivity contribution in [1.82, 2.24) is 30.1 Å². The Morgan fingerprint density at radius 1 is 1.33 bits per heavy atom. The van der Waals surface area contributed by atoms with E-state index in [1.165, 1.54) is 0 Å². The van der Waals surface area contributed by atoms with E-state index in [1.54, 1.807) is 31.1 Å². The maximum absolute atomic E-state index is 12.2. The number of alkyl carbamates (subject to hydrolysis) is 1. The number of hydrogen-bond acceptors (Lipinski definition) is 9. The number of aromatic amines is 1. The number of carbonyl (C=O) groups excluding carboxylic acids is 1. The molecule has 4 heterocycles. The van der Waals surface area contributed by atoms with Gasteiger partial charge in [0.15, 0.2) is 11.6 Å². The first-order chi connectivity index (χ1) is 15.9. The molecular formula is C21H29N7O5. The molecule has 178 valence electrons. The van der Waals surface area contributed by atoms with E-state index in [4.69, 9.17) is 18.9 Å². The number of anilines is 2. The summed E-state index contributed by atoms with van der Waals surface area (Å²) in [7, 11) is 3.21. The number of methoxy groups -OCH3 is 2. The highest BCUT2D eigenvalue weighted by atomic mass is 16.6. The molecule has 3 N–H and O–H groups in total. The van der Waals surface area contributed by atoms with Gasteiger partial charge in [0.25, 0.3) is 0 Å². The van der Waals surface area contributed by atoms with Gasteiger partial charge in [-0.05, 0) is 19.9 Å². The molecule has 0 bridgehead atoms. The Labute approximate surface area is 191 Å². The number of H-pyrrole nitrogens is 1. The smallest absolute Gasteiger partial charge is 0.407 e. The molecule has 3 aromatic rings. The first kappa shape index (κ1) is 23.0. The van der Waals surface area contributed by atoms with E-state index in [-0.39, 0.29) is 12.2 Å². The highest BCUT2D eigenvalue weighted by Gasteiger charge is 2.32. The minimum Gasteiger partial charge on any atom is -0.444 e. The number of aromatic nitrogens is 5. The zero-order valence-electron chi connectivity index (χ0n) is 19.1. The number of rotatable bonds is 9. The van der Waals surface area contributed by atoms with Crippen LogP contribution in [0.15, 0.2) is 24.5 Å². The second-order valence-corrected chi connectivity index (χ2v) is 8.53. The monoisotopic (exact) mass is 459 g/mol. The van der Waals surface area contributed by atoms with Crippen molar-refractivity contribution in [2.45, 2.75) is 44.6 Å². The van der Waals surface area contributed by atoms with E-state index >= 15 is 0 Å². The Morgan fingerprint density at radius 2 is 2.18 bits per heavy atom. The first-order valence-electron chi connectivity index (χ1n) is 10.6. The van der Waals surface area contributed by atoms with Gasteiger partial charge in [0, 0.05) is 39.1 Å². The molecule has 1 aliphatic heterocycles. The molecule has 1 fully saturated rings. The summed E-state index contributed by atoms with van der Waals surface area (Å²) in [4.78, 5) is 16.6. The lowest BCUT2D eigenvalue weighted by atomic mass is 10.1. The summed E-state index contributed by atoms with van der Waals surface area (Å²) in [5.74, 6) is 1.21. The fourth-order valence-corrected chi connectivity index (χ4v) is 3.73. The van der Waals surface area contributed by atoms with E-state index in [1.807, 2.05) is 26.0 Å². The van der Waals surface area contributed by atoms with Crippen molar-refractivity contribution in [3.05, 3.63) is 35.9 Å². The quantitative estimate of drug-likeness (QED) is 0.440. The van der Waals surface area contributed by atoms with Gasteiger partial charge in [-0.1, -0.05) is 0 Å². The van der Waals surface area contributed by atoms with E-state index < -0.39 is 11.6 Å². The fraction of sp³-hybridized carbons (Fsp3) is 0.524. The molecule has 2 unspecified atom stereocenters. The molecule has 12 nitrogen and oxygen atoms in total. The number of carbonyl (C=O) groups is 1. The topological polar surface area (TPSA) is 137 Å². The molecule has 1 aliphatic rings. The molecule has 1 saturated heterocycles. The Bertz CT molecular complexity index is 1100. The van der Waals surface area contributed by atoms with Gasteiger partial charge in [-0.3, -0.25) is 5.10 Å². The van der Waals surface area contributed by atoms with Crippen LogP contribution in [-0.2, 0) is 25.6 Å². The van der Waals surface area contributed by atoms with E-state index in [2.05, 4.69) is 30.9 Å². The minimum atomic E-state index is -0.522. The summed E-state index contributed by atoms with van der Waals surface area (Å²) in [6.07, 6.45) is 2.85. The zero-order valence-corrected chi connectivity index (χ0v) is 19.1. The molecule has 2 atom stereocenters. The molecule has 1 amide bonds. The van der Waals surface area contributed by atoms with Gasteiger partial charge in [-0.25, -0.2) is 14.3 Å². The van der Waals surface area contributed by atoms with Crippen LogP contribution in [0.25, 0.3) is 5.52 Å². The SMILES string of the molecule is COCc1cc2c(Nc3cc(C4CC(OC(=O)NC(C)(C)COC)CO4)[nH]n3)nccn2n1. The van der Waals surface area contributed by atoms with E-state index in [0.717, 1.165) is 16.9 Å². The largest absolute Gasteiger partial charge is 0.444 e. The van der Waals surface area contributed by atoms with Crippen LogP contribution in [0.5, 0.6) is 0 Å². The van der Waals surface area contributed by atoms with Crippen molar-refractivity contribution < 1.29 is 23.7 Å². The Kier molecular flexibility index (Phi) is 6.77. The van der Waals surface area contributed by atoms with Gasteiger partial charge in [0.2, 0.25) is 0 Å². The van der Waals surface area contributed by atoms with Crippen molar-refractivity contribution in [2.24, 2.45) is 0 Å². The van der Waals surface area contributed by atoms with Crippen LogP contribution in [0.1, 0.15) is 37.8 Å². The highest BCUT2D eigenvalue weighted by molar-refractivity contribution is 5.72. The van der Waals surface area contributed by atoms with Gasteiger partial charge < -0.3 is 29.6 Å². The summed E-state index contributed by atoms with van der Waals surface area (Å²) >= 11 is 0. The highest BCUT2D eigenvalue weighted by Crippen LogP contribution is 2.31. The van der Waals surface area contributed by atoms with Crippen molar-refractivity contribution >= 4 is 23.2 Å². The van der Waals surface area contributed by atoms with Gasteiger partial charge in [0.05, 0.1) is 36.7 Å². The van der Waals surface area contributed by atoms with Crippen LogP contribution in [0.2, 0.25) is 0 Å². The second-order valence-electron chi connectivity index (χ2n) is 8.53. The van der Waals surface area contributed by atoms with E-state index in [9.17, 15) is 4.79 Å². The molecule has 33 heavy (non-hydrogen) atoms. The Morgan fingerprint density at radius 3 is 2.97 bits per heavy atom. The molecule has 12 heteroatoms. The van der Waals surface area contributed by atoms with Crippen LogP contribution in [0.4, 0.5) is 16.4 Å². The van der Waals surface area contributed by atoms with Crippen LogP contribution >= 0.6 is 0 Å². The lowest BCUT2D eigenvalue weighted by Crippen LogP contribution is -2.47. The second kappa shape index (κ2) is 9.73. The van der Waals surface area contributed by atoms with Crippen molar-refractivity contribution in [3.63, 3.8) is 0 Å². The first-order valence-corrected chi connectivity index (χ1v) is 10.6. The van der Waals surface area contributed by atoms with Crippen LogP contribution in [0, 0.1) is 0 Å². The maximum Gasteiger partial charge on any atom is 0.407 e. The third-order valence-electron chi connectivity index (χ3n) is 5.10. The normalized spacial score (nSPS) is 18.5. The van der Waals surface area contributed by atoms with Crippen LogP contribution in [0.3, 0.4) is 0 Å². The number of fused-ring (bicyclic) bond motifs is 1. The number of nitrogens with one attached hydrogen (secondary N) is 3. The third kappa shape index (κ3) is 5.59. The standard InChI is InChI=1S/C21H29N7O5/c1-21(2,12-31-4)24-20(29)33-14-8-17(32-11-14)15-9-18(26-25-15)23-19-16-7-13(10-30-3)27-28(16)6-5-22-19/h5-7,9,14,17H,8,10-12H2,1-4H3,(H,24,29)(H2,22,23,25,26). The molecule has 0 aliphatic carbocycles. The fourth-order valence-electron chi connectivity index (χ4n) is 3.73. The van der Waals surface area contributed by atoms with Crippen molar-refractivity contribution in [3.8, 4) is 0 Å². The summed E-state index contributed by atoms with van der Waals surface area (Å²) < 4.78 is 23.3. The average Bonchev–Trinajstić information content (AvgIpc) is 3.47. The lowest BCUT2D eigenvalue weighted by molar-refractivity contribution is 0.0593. The molecule has 0 aromatic carbocycles. The van der Waals surface area contributed by atoms with Gasteiger partial charge in [-0.2, -0.15) is 10.2 Å². The maximum atomic E-state index is 12.2. The third-order valence-corrected chi connectivity index (χ3v) is 5.10. The summed E-state index contributed by atoms with van der Waals surface area (Å²) in [6, 6.07) is 3.76. The number of nitrogens with zero attached hydrogens (tertiary/aromatic N) is 4. The number of amides is 1. The van der Waals surface area contributed by atoms with Crippen LogP contribution in [-0.4, -0.2) is 70.0 Å². The molecule has 3 aromatic heterocycles. The number of ether oxygens (including phenoxy) is 4. The Balaban J connectivity index is 1.36. The van der Waals surface area contributed by atoms with Crippen molar-refractivity contribution in [1.29, 1.82) is 0 Å². The van der Waals surface area contributed by atoms with Crippen LogP contribution < -0.4 is 10.6 Å². The predicted molar refractivity (Wildman–Crippen MR) is 118 cm³/mol. The van der Waals surface area contributed by atoms with Gasteiger partial charge in [0.1, 0.15) is 17.7 Å². The summed E-state index contributed by atoms with van der Waals surface area (Å²) in [5, 5.41) is 17.8. The molecule has 0 saturated carbocycles. The van der Waals surface area contributed by atoms with Gasteiger partial charge in [-0.15, -0.1) is 0 Å². The zero-order chi connectivity index (χ0) is 23.4. The van der Waals surface area contributed by atoms with Crippen molar-refractivity contribution in [2.75, 3.05) is 32.8 Å². The Hall–Kier alpha value is -3.22. The average molecular weight is 460 g/mol. The van der Waals surface area contributed by atoms with Gasteiger partial charge >= 0.3 is 6.09 Å². The molecule has 0 radical (unpaired) electrons. The van der Waals surface area contributed by atoms with E-state index in [0.29, 0.717) is 37.9 Å². The summed E-state index contributed by atoms with van der Waals surface area (Å²) in [5.41, 5.74) is 1.87. The molecule has 4 rings (SSSR count). The summed E-state index contributed by atoms with van der Waals surface area (Å²) in [6.45, 7) is 4.83. The minimum absolute atomic E-state index is 0.259.